The van der Waals surface area contributed by atoms with Gasteiger partial charge in [0.2, 0.25) is 10.0 Å². The molecule has 0 aliphatic carbocycles. The van der Waals surface area contributed by atoms with E-state index < -0.39 is 14.9 Å². The minimum Gasteiger partial charge on any atom is -0.294 e. The van der Waals surface area contributed by atoms with Crippen molar-refractivity contribution in [3.05, 3.63) is 56.3 Å². The van der Waals surface area contributed by atoms with Crippen molar-refractivity contribution in [2.24, 2.45) is 0 Å². The van der Waals surface area contributed by atoms with Crippen LogP contribution in [-0.2, 0) is 23.0 Å². The summed E-state index contributed by atoms with van der Waals surface area (Å²) in [6.07, 6.45) is 4.44. The summed E-state index contributed by atoms with van der Waals surface area (Å²) in [6.45, 7) is 3.99. The van der Waals surface area contributed by atoms with Crippen LogP contribution in [0.4, 0.5) is 5.69 Å². The van der Waals surface area contributed by atoms with Crippen molar-refractivity contribution in [1.29, 1.82) is 0 Å². The Bertz CT molecular complexity index is 910. The number of hydrogen-bond acceptors (Lipinski definition) is 6. The molecule has 1 aliphatic heterocycles. The number of nitro groups is 1. The number of rotatable bonds is 9. The van der Waals surface area contributed by atoms with Crippen molar-refractivity contribution in [3.63, 3.8) is 0 Å². The lowest BCUT2D eigenvalue weighted by Crippen LogP contribution is -2.43. The fraction of sp³-hybridized carbons (Fsp3) is 0.474. The molecule has 2 aromatic rings. The number of non-ortho nitro benzene ring substituents is 1. The Labute approximate surface area is 169 Å². The van der Waals surface area contributed by atoms with Crippen LogP contribution in [0.5, 0.6) is 0 Å². The lowest BCUT2D eigenvalue weighted by molar-refractivity contribution is -0.384. The molecule has 0 bridgehead atoms. The van der Waals surface area contributed by atoms with Crippen LogP contribution in [0.1, 0.15) is 36.6 Å². The van der Waals surface area contributed by atoms with Crippen LogP contribution in [0.3, 0.4) is 0 Å². The van der Waals surface area contributed by atoms with E-state index in [9.17, 15) is 18.5 Å². The van der Waals surface area contributed by atoms with Crippen molar-refractivity contribution in [3.8, 4) is 0 Å². The van der Waals surface area contributed by atoms with Gasteiger partial charge >= 0.3 is 0 Å². The van der Waals surface area contributed by atoms with Gasteiger partial charge in [0.25, 0.3) is 5.69 Å². The van der Waals surface area contributed by atoms with Crippen LogP contribution in [0.25, 0.3) is 0 Å². The van der Waals surface area contributed by atoms with Gasteiger partial charge in [0.15, 0.2) is 0 Å². The highest BCUT2D eigenvalue weighted by Crippen LogP contribution is 2.29. The van der Waals surface area contributed by atoms with Gasteiger partial charge in [-0.15, -0.1) is 11.3 Å². The average Bonchev–Trinajstić information content (AvgIpc) is 3.13. The van der Waals surface area contributed by atoms with E-state index in [-0.39, 0.29) is 10.6 Å². The molecule has 9 heteroatoms. The van der Waals surface area contributed by atoms with Gasteiger partial charge in [0.1, 0.15) is 0 Å². The number of nitrogens with zero attached hydrogens (tertiary/aromatic N) is 2. The van der Waals surface area contributed by atoms with Crippen LogP contribution in [-0.4, -0.2) is 37.4 Å². The van der Waals surface area contributed by atoms with Gasteiger partial charge in [-0.2, -0.15) is 0 Å². The third kappa shape index (κ3) is 4.96. The molecule has 0 amide bonds. The highest BCUT2D eigenvalue weighted by atomic mass is 32.2. The summed E-state index contributed by atoms with van der Waals surface area (Å²) < 4.78 is 27.6. The van der Waals surface area contributed by atoms with Gasteiger partial charge in [-0.1, -0.05) is 19.8 Å². The highest BCUT2D eigenvalue weighted by molar-refractivity contribution is 7.89. The molecule has 2 heterocycles. The number of nitrogens with one attached hydrogen (secondary N) is 1. The number of hydrogen-bond donors (Lipinski definition) is 1. The third-order valence-corrected chi connectivity index (χ3v) is 7.52. The third-order valence-electron chi connectivity index (χ3n) is 5.10. The average molecular weight is 424 g/mol. The zero-order valence-corrected chi connectivity index (χ0v) is 17.5. The number of unbranched alkanes of at least 4 members (excludes halogenated alkanes) is 1. The molecule has 3 rings (SSSR count). The molecule has 1 unspecified atom stereocenters. The zero-order valence-electron chi connectivity index (χ0n) is 15.8. The number of benzene rings is 1. The van der Waals surface area contributed by atoms with E-state index in [0.29, 0.717) is 19.1 Å². The number of nitro benzene ring substituents is 1. The molecule has 0 saturated heterocycles. The van der Waals surface area contributed by atoms with Gasteiger partial charge in [-0.3, -0.25) is 15.0 Å². The molecule has 7 nitrogen and oxygen atoms in total. The number of fused-ring (bicyclic) bond motifs is 1. The second kappa shape index (κ2) is 9.13. The Morgan fingerprint density at radius 2 is 2.04 bits per heavy atom. The smallest absolute Gasteiger partial charge is 0.269 e. The summed E-state index contributed by atoms with van der Waals surface area (Å²) >= 11 is 1.76. The fourth-order valence-corrected chi connectivity index (χ4v) is 5.48. The largest absolute Gasteiger partial charge is 0.294 e. The molecule has 1 atom stereocenters. The fourth-order valence-electron chi connectivity index (χ4n) is 3.52. The Balaban J connectivity index is 1.61. The van der Waals surface area contributed by atoms with Crippen LogP contribution >= 0.6 is 11.3 Å². The molecule has 0 saturated carbocycles. The van der Waals surface area contributed by atoms with E-state index in [2.05, 4.69) is 28.0 Å². The van der Waals surface area contributed by atoms with E-state index in [1.807, 2.05) is 0 Å². The van der Waals surface area contributed by atoms with Gasteiger partial charge in [0.05, 0.1) is 9.82 Å². The molecule has 1 N–H and O–H groups in total. The number of thiophene rings is 1. The van der Waals surface area contributed by atoms with Crippen LogP contribution in [0, 0.1) is 10.1 Å². The molecule has 28 heavy (non-hydrogen) atoms. The molecule has 1 aliphatic rings. The Kier molecular flexibility index (Phi) is 6.82. The summed E-state index contributed by atoms with van der Waals surface area (Å²) in [7, 11) is -3.68. The van der Waals surface area contributed by atoms with E-state index in [1.54, 1.807) is 11.3 Å². The normalized spacial score (nSPS) is 17.4. The molecule has 152 valence electrons. The summed E-state index contributed by atoms with van der Waals surface area (Å²) in [5, 5.41) is 12.8. The SMILES string of the molecule is CCCCC1Cc2ccsc2CN1CCNS(=O)(=O)c1ccc([N+](=O)[O-])cc1. The van der Waals surface area contributed by atoms with Gasteiger partial charge < -0.3 is 0 Å². The topological polar surface area (TPSA) is 92.6 Å². The molecule has 0 fully saturated rings. The minimum absolute atomic E-state index is 0.0415. The Hall–Kier alpha value is -1.81. The van der Waals surface area contributed by atoms with E-state index >= 15 is 0 Å². The quantitative estimate of drug-likeness (QED) is 0.492. The first-order valence-electron chi connectivity index (χ1n) is 9.44. The Morgan fingerprint density at radius 1 is 1.29 bits per heavy atom. The van der Waals surface area contributed by atoms with Gasteiger partial charge in [-0.25, -0.2) is 13.1 Å². The van der Waals surface area contributed by atoms with Crippen molar-refractivity contribution in [2.45, 2.75) is 50.1 Å². The van der Waals surface area contributed by atoms with Crippen molar-refractivity contribution in [1.82, 2.24) is 9.62 Å². The van der Waals surface area contributed by atoms with Gasteiger partial charge in [0, 0.05) is 42.7 Å². The second-order valence-electron chi connectivity index (χ2n) is 6.99. The van der Waals surface area contributed by atoms with E-state index in [0.717, 1.165) is 32.2 Å². The first-order valence-corrected chi connectivity index (χ1v) is 11.8. The van der Waals surface area contributed by atoms with E-state index in [4.69, 9.17) is 0 Å². The first kappa shape index (κ1) is 20.9. The molecular formula is C19H25N3O4S2. The summed E-state index contributed by atoms with van der Waals surface area (Å²) in [5.41, 5.74) is 1.30. The lowest BCUT2D eigenvalue weighted by atomic mass is 9.96. The van der Waals surface area contributed by atoms with Crippen molar-refractivity contribution < 1.29 is 13.3 Å². The van der Waals surface area contributed by atoms with E-state index in [1.165, 1.54) is 34.7 Å². The first-order chi connectivity index (χ1) is 13.4. The van der Waals surface area contributed by atoms with Crippen LogP contribution < -0.4 is 4.72 Å². The molecular weight excluding hydrogens is 398 g/mol. The predicted octanol–water partition coefficient (Wildman–Crippen LogP) is 3.55. The maximum absolute atomic E-state index is 12.5. The number of sulfonamides is 1. The summed E-state index contributed by atoms with van der Waals surface area (Å²) in [4.78, 5) is 13.9. The predicted molar refractivity (Wildman–Crippen MR) is 110 cm³/mol. The highest BCUT2D eigenvalue weighted by Gasteiger charge is 2.26. The maximum atomic E-state index is 12.5. The molecule has 1 aromatic heterocycles. The lowest BCUT2D eigenvalue weighted by Gasteiger charge is -2.35. The minimum atomic E-state index is -3.68. The standard InChI is InChI=1S/C19H25N3O4S2/c1-2-3-4-17-13-15-9-12-27-19(15)14-21(17)11-10-20-28(25,26)18-7-5-16(6-8-18)22(23)24/h5-9,12,17,20H,2-4,10-11,13-14H2,1H3. The molecule has 1 aromatic carbocycles. The second-order valence-corrected chi connectivity index (χ2v) is 9.76. The molecule has 0 spiro atoms. The summed E-state index contributed by atoms with van der Waals surface area (Å²) in [6, 6.07) is 7.59. The van der Waals surface area contributed by atoms with Crippen molar-refractivity contribution in [2.75, 3.05) is 13.1 Å². The maximum Gasteiger partial charge on any atom is 0.269 e. The summed E-state index contributed by atoms with van der Waals surface area (Å²) in [5.74, 6) is 0. The van der Waals surface area contributed by atoms with Crippen LogP contribution in [0.2, 0.25) is 0 Å². The van der Waals surface area contributed by atoms with Gasteiger partial charge in [-0.05, 0) is 42.0 Å². The zero-order chi connectivity index (χ0) is 20.1. The van der Waals surface area contributed by atoms with Crippen molar-refractivity contribution >= 4 is 27.0 Å². The Morgan fingerprint density at radius 3 is 2.71 bits per heavy atom. The molecule has 0 radical (unpaired) electrons. The monoisotopic (exact) mass is 423 g/mol. The van der Waals surface area contributed by atoms with Crippen LogP contribution in [0.15, 0.2) is 40.6 Å².